The zero-order valence-electron chi connectivity index (χ0n) is 51.2. The van der Waals surface area contributed by atoms with Gasteiger partial charge in [0.1, 0.15) is 75.3 Å². The maximum absolute atomic E-state index is 15.1. The molecule has 0 saturated carbocycles. The van der Waals surface area contributed by atoms with Gasteiger partial charge in [-0.15, -0.1) is 0 Å². The molecular formula is C61H96O18Si2. The van der Waals surface area contributed by atoms with Gasteiger partial charge in [-0.2, -0.15) is 0 Å². The Balaban J connectivity index is 1.00. The molecule has 14 atom stereocenters. The van der Waals surface area contributed by atoms with Crippen LogP contribution in [0.4, 0.5) is 0 Å². The third-order valence-electron chi connectivity index (χ3n) is 16.0. The van der Waals surface area contributed by atoms with Crippen LogP contribution in [0.1, 0.15) is 102 Å². The highest BCUT2D eigenvalue weighted by Gasteiger charge is 2.61. The maximum Gasteiger partial charge on any atom is 0.261 e. The van der Waals surface area contributed by atoms with Crippen LogP contribution in [0.15, 0.2) is 72.8 Å². The normalized spacial score (nSPS) is 32.3. The molecule has 456 valence electrons. The molecule has 2 aromatic carbocycles. The maximum atomic E-state index is 15.1. The van der Waals surface area contributed by atoms with Gasteiger partial charge in [-0.1, -0.05) is 108 Å². The molecule has 20 heteroatoms. The zero-order valence-corrected chi connectivity index (χ0v) is 53.2. The van der Waals surface area contributed by atoms with E-state index in [4.69, 9.17) is 80.2 Å². The van der Waals surface area contributed by atoms with Crippen molar-refractivity contribution in [3.63, 3.8) is 0 Å². The van der Waals surface area contributed by atoms with Crippen molar-refractivity contribution in [3.05, 3.63) is 72.8 Å². The van der Waals surface area contributed by atoms with Gasteiger partial charge in [-0.25, -0.2) is 0 Å². The summed E-state index contributed by atoms with van der Waals surface area (Å²) in [5, 5.41) is 1.99. The van der Waals surface area contributed by atoms with E-state index in [1.807, 2.05) is 67.5 Å². The average Bonchev–Trinajstić information content (AvgIpc) is 4.28. The standard InChI is InChI=1S/C61H96O18Si2/c1-39(28-29-42(67-36-63-13)43-32-45-51(76-58(5,6)72-45)55(70-43)53-47(74-60(9,10)78-53)34-66-38-65-30-31-80(15,16)17)49(62)50(68-37-64-14)44-33-46-52(77-59(7,8)73-46)56(71-44)54-48(75-61(11,12)79-54)35-69-81(57(2,3)4,40-24-20-18-21-25-40)41-26-22-19-23-27-41/h18-27,42-48,50-56H,1,28-38H2,2-17H3/t42-,43-,44-,45-,46-,47-,48-,50+,51-,52-,53+,54+,55-,56-/m1/s1. The summed E-state index contributed by atoms with van der Waals surface area (Å²) in [6.07, 6.45) is -7.63. The van der Waals surface area contributed by atoms with Gasteiger partial charge in [0.25, 0.3) is 8.32 Å². The molecule has 0 radical (unpaired) electrons. The Labute approximate surface area is 484 Å². The zero-order chi connectivity index (χ0) is 58.8. The van der Waals surface area contributed by atoms with E-state index in [2.05, 4.69) is 95.5 Å². The molecule has 6 aliphatic rings. The minimum Gasteiger partial charge on any atom is -0.405 e. The van der Waals surface area contributed by atoms with Crippen LogP contribution in [0.2, 0.25) is 30.7 Å². The van der Waals surface area contributed by atoms with Crippen LogP contribution in [-0.2, 0) is 85.0 Å². The van der Waals surface area contributed by atoms with Crippen molar-refractivity contribution in [3.8, 4) is 0 Å². The van der Waals surface area contributed by atoms with Crippen molar-refractivity contribution < 1.29 is 85.0 Å². The number of carbonyl (C=O) groups is 1. The summed E-state index contributed by atoms with van der Waals surface area (Å²) in [7, 11) is -1.20. The second-order valence-electron chi connectivity index (χ2n) is 26.6. The van der Waals surface area contributed by atoms with Crippen LogP contribution in [0.25, 0.3) is 0 Å². The van der Waals surface area contributed by atoms with E-state index in [0.717, 1.165) is 16.4 Å². The van der Waals surface area contributed by atoms with E-state index in [-0.39, 0.29) is 63.4 Å². The average molecular weight is 1170 g/mol. The molecule has 2 aromatic rings. The lowest BCUT2D eigenvalue weighted by atomic mass is 9.87. The lowest BCUT2D eigenvalue weighted by Gasteiger charge is -2.44. The molecule has 0 N–H and O–H groups in total. The molecule has 0 bridgehead atoms. The number of hydrogen-bond donors (Lipinski definition) is 0. The molecule has 6 heterocycles. The number of ketones is 1. The Morgan fingerprint density at radius 2 is 1.07 bits per heavy atom. The molecule has 0 amide bonds. The number of fused-ring (bicyclic) bond motifs is 2. The van der Waals surface area contributed by atoms with Gasteiger partial charge in [0.05, 0.1) is 43.7 Å². The molecule has 0 aliphatic carbocycles. The predicted molar refractivity (Wildman–Crippen MR) is 307 cm³/mol. The summed E-state index contributed by atoms with van der Waals surface area (Å²) in [5.74, 6) is -4.17. The van der Waals surface area contributed by atoms with Gasteiger partial charge in [0, 0.05) is 41.7 Å². The first kappa shape index (κ1) is 64.6. The highest BCUT2D eigenvalue weighted by Crippen LogP contribution is 2.47. The number of hydrogen-bond acceptors (Lipinski definition) is 18. The second kappa shape index (κ2) is 26.3. The largest absolute Gasteiger partial charge is 0.405 e. The van der Waals surface area contributed by atoms with E-state index in [9.17, 15) is 0 Å². The molecule has 0 spiro atoms. The molecule has 6 saturated heterocycles. The van der Waals surface area contributed by atoms with Crippen LogP contribution >= 0.6 is 0 Å². The third kappa shape index (κ3) is 15.8. The van der Waals surface area contributed by atoms with E-state index in [1.54, 1.807) is 7.11 Å². The minimum absolute atomic E-state index is 0.0255. The van der Waals surface area contributed by atoms with E-state index in [1.165, 1.54) is 7.11 Å². The van der Waals surface area contributed by atoms with E-state index in [0.29, 0.717) is 25.0 Å². The van der Waals surface area contributed by atoms with Crippen molar-refractivity contribution in [2.24, 2.45) is 0 Å². The fourth-order valence-corrected chi connectivity index (χ4v) is 17.9. The van der Waals surface area contributed by atoms with Gasteiger partial charge < -0.3 is 80.2 Å². The quantitative estimate of drug-likeness (QED) is 0.0362. The summed E-state index contributed by atoms with van der Waals surface area (Å²) in [6.45, 7) is 34.1. The Morgan fingerprint density at radius 3 is 1.58 bits per heavy atom. The van der Waals surface area contributed by atoms with Gasteiger partial charge in [-0.3, -0.25) is 4.79 Å². The SMILES string of the molecule is C=C(CC[C@@H](OCOC)[C@H]1C[C@H]2OC(C)(C)O[C@H]2[C@H]([C@H]2OC(C)(C)O[C@@H]2COCOCC[Si](C)(C)C)O1)C(=O)[C@@H](OCOC)[C@H]1C[C@H]2OC(C)(C)O[C@H]2[C@H]([C@H]2OC(C)(C)O[C@@H]2CO[Si](c2ccccc2)(c2ccccc2)C(C)(C)C)O1. The Kier molecular flexibility index (Phi) is 21.0. The van der Waals surface area contributed by atoms with Crippen molar-refractivity contribution in [2.75, 3.05) is 54.4 Å². The number of methoxy groups -OCH3 is 2. The smallest absolute Gasteiger partial charge is 0.261 e. The lowest BCUT2D eigenvalue weighted by molar-refractivity contribution is -0.228. The Bertz CT molecular complexity index is 2300. The fourth-order valence-electron chi connectivity index (χ4n) is 12.6. The fraction of sp³-hybridized carbons (Fsp3) is 0.754. The van der Waals surface area contributed by atoms with Crippen molar-refractivity contribution in [2.45, 2.75) is 241 Å². The van der Waals surface area contributed by atoms with E-state index >= 15 is 4.79 Å². The summed E-state index contributed by atoms with van der Waals surface area (Å²) in [4.78, 5) is 15.1. The van der Waals surface area contributed by atoms with Crippen LogP contribution in [0.5, 0.6) is 0 Å². The third-order valence-corrected chi connectivity index (χ3v) is 22.7. The number of ether oxygens (including phenoxy) is 16. The predicted octanol–water partition coefficient (Wildman–Crippen LogP) is 8.17. The van der Waals surface area contributed by atoms with Crippen LogP contribution in [0, 0.1) is 0 Å². The first-order valence-electron chi connectivity index (χ1n) is 29.1. The highest BCUT2D eigenvalue weighted by atomic mass is 28.4. The number of benzene rings is 2. The molecule has 0 aromatic heterocycles. The molecule has 81 heavy (non-hydrogen) atoms. The topological polar surface area (TPSA) is 174 Å². The molecule has 6 fully saturated rings. The second-order valence-corrected chi connectivity index (χ2v) is 36.5. The van der Waals surface area contributed by atoms with Crippen LogP contribution < -0.4 is 10.4 Å². The summed E-state index contributed by atoms with van der Waals surface area (Å²) >= 11 is 0. The van der Waals surface area contributed by atoms with Crippen molar-refractivity contribution >= 4 is 32.5 Å². The van der Waals surface area contributed by atoms with Gasteiger partial charge in [0.2, 0.25) is 0 Å². The van der Waals surface area contributed by atoms with Crippen molar-refractivity contribution in [1.29, 1.82) is 0 Å². The number of Topliss-reactive ketones (excluding diaryl/α,β-unsaturated/α-hetero) is 1. The first-order chi connectivity index (χ1) is 38.0. The molecule has 18 nitrogen and oxygen atoms in total. The van der Waals surface area contributed by atoms with Gasteiger partial charge >= 0.3 is 0 Å². The lowest BCUT2D eigenvalue weighted by Crippen LogP contribution is -2.67. The number of rotatable bonds is 27. The van der Waals surface area contributed by atoms with Crippen molar-refractivity contribution in [1.82, 2.24) is 0 Å². The molecule has 6 aliphatic heterocycles. The van der Waals surface area contributed by atoms with Gasteiger partial charge in [0.15, 0.2) is 28.9 Å². The monoisotopic (exact) mass is 1170 g/mol. The summed E-state index contributed by atoms with van der Waals surface area (Å²) < 4.78 is 110. The van der Waals surface area contributed by atoms with Gasteiger partial charge in [-0.05, 0) is 95.3 Å². The highest BCUT2D eigenvalue weighted by molar-refractivity contribution is 6.99. The van der Waals surface area contributed by atoms with E-state index < -0.39 is 119 Å². The minimum atomic E-state index is -3.02. The summed E-state index contributed by atoms with van der Waals surface area (Å²) in [5.41, 5.74) is 0.303. The molecule has 8 rings (SSSR count). The van der Waals surface area contributed by atoms with Crippen LogP contribution in [-0.4, -0.2) is 185 Å². The molecular weight excluding hydrogens is 1080 g/mol. The Morgan fingerprint density at radius 1 is 0.605 bits per heavy atom. The van der Waals surface area contributed by atoms with Crippen LogP contribution in [0.3, 0.4) is 0 Å². The molecule has 0 unspecified atom stereocenters. The summed E-state index contributed by atoms with van der Waals surface area (Å²) in [6, 6.07) is 22.0. The Hall–Kier alpha value is -2.40. The first-order valence-corrected chi connectivity index (χ1v) is 34.7. The number of carbonyl (C=O) groups excluding carboxylic acids is 1.